The molecule has 2 rings (SSSR count). The van der Waals surface area contributed by atoms with Gasteiger partial charge in [0.25, 0.3) is 0 Å². The lowest BCUT2D eigenvalue weighted by Gasteiger charge is -2.21. The Morgan fingerprint density at radius 3 is 3.00 bits per heavy atom. The van der Waals surface area contributed by atoms with E-state index in [1.807, 2.05) is 7.05 Å². The molecule has 0 saturated heterocycles. The molecular weight excluding hydrogens is 198 g/mol. The Kier molecular flexibility index (Phi) is 3.83. The van der Waals surface area contributed by atoms with E-state index in [9.17, 15) is 0 Å². The van der Waals surface area contributed by atoms with Crippen LogP contribution in [0.3, 0.4) is 0 Å². The summed E-state index contributed by atoms with van der Waals surface area (Å²) in [4.78, 5) is 0. The molecule has 0 bridgehead atoms. The van der Waals surface area contributed by atoms with Gasteiger partial charge in [0.05, 0.1) is 0 Å². The van der Waals surface area contributed by atoms with Crippen LogP contribution in [-0.2, 0) is 6.42 Å². The number of hydrogen-bond donors (Lipinski definition) is 1. The minimum atomic E-state index is 0.345. The minimum Gasteiger partial charge on any atom is -0.489 e. The Morgan fingerprint density at radius 1 is 1.38 bits per heavy atom. The molecule has 1 aliphatic carbocycles. The summed E-state index contributed by atoms with van der Waals surface area (Å²) < 4.78 is 6.06. The highest BCUT2D eigenvalue weighted by molar-refractivity contribution is 5.28. The number of ether oxygens (including phenoxy) is 1. The lowest BCUT2D eigenvalue weighted by atomic mass is 10.1. The molecule has 1 fully saturated rings. The van der Waals surface area contributed by atoms with E-state index in [1.165, 1.54) is 24.8 Å². The first-order chi connectivity index (χ1) is 7.83. The fourth-order valence-electron chi connectivity index (χ4n) is 2.41. The molecule has 1 aliphatic rings. The molecule has 1 aromatic carbocycles. The van der Waals surface area contributed by atoms with Crippen molar-refractivity contribution < 1.29 is 4.74 Å². The summed E-state index contributed by atoms with van der Waals surface area (Å²) in [7, 11) is 2.02. The first-order valence-electron chi connectivity index (χ1n) is 6.26. The minimum absolute atomic E-state index is 0.345. The molecule has 1 saturated carbocycles. The highest BCUT2D eigenvalue weighted by Crippen LogP contribution is 2.25. The molecule has 1 N–H and O–H groups in total. The predicted molar refractivity (Wildman–Crippen MR) is 66.9 cm³/mol. The van der Waals surface area contributed by atoms with E-state index in [0.717, 1.165) is 12.2 Å². The SMILES string of the molecule is CCc1cccc(OC2CCCC2NC)c1. The van der Waals surface area contributed by atoms with E-state index in [2.05, 4.69) is 36.5 Å². The third-order valence-corrected chi connectivity index (χ3v) is 3.42. The van der Waals surface area contributed by atoms with E-state index in [0.29, 0.717) is 12.1 Å². The van der Waals surface area contributed by atoms with Gasteiger partial charge in [0.15, 0.2) is 0 Å². The molecule has 0 amide bonds. The molecule has 0 aliphatic heterocycles. The van der Waals surface area contributed by atoms with E-state index < -0.39 is 0 Å². The number of rotatable bonds is 4. The van der Waals surface area contributed by atoms with E-state index in [4.69, 9.17) is 4.74 Å². The van der Waals surface area contributed by atoms with Gasteiger partial charge in [-0.3, -0.25) is 0 Å². The van der Waals surface area contributed by atoms with Gasteiger partial charge in [-0.2, -0.15) is 0 Å². The fourth-order valence-corrected chi connectivity index (χ4v) is 2.41. The molecule has 2 unspecified atom stereocenters. The Bertz CT molecular complexity index is 337. The van der Waals surface area contributed by atoms with Gasteiger partial charge in [-0.05, 0) is 50.4 Å². The van der Waals surface area contributed by atoms with Gasteiger partial charge >= 0.3 is 0 Å². The van der Waals surface area contributed by atoms with Crippen LogP contribution in [0.1, 0.15) is 31.7 Å². The van der Waals surface area contributed by atoms with Gasteiger partial charge in [0, 0.05) is 6.04 Å². The van der Waals surface area contributed by atoms with Crippen LogP contribution in [0.15, 0.2) is 24.3 Å². The quantitative estimate of drug-likeness (QED) is 0.840. The first kappa shape index (κ1) is 11.5. The number of nitrogens with one attached hydrogen (secondary N) is 1. The molecule has 16 heavy (non-hydrogen) atoms. The second-order valence-electron chi connectivity index (χ2n) is 4.48. The molecule has 0 heterocycles. The van der Waals surface area contributed by atoms with E-state index in [1.54, 1.807) is 0 Å². The number of hydrogen-bond acceptors (Lipinski definition) is 2. The molecule has 2 atom stereocenters. The normalized spacial score (nSPS) is 24.6. The van der Waals surface area contributed by atoms with Crippen molar-refractivity contribution in [1.29, 1.82) is 0 Å². The van der Waals surface area contributed by atoms with E-state index in [-0.39, 0.29) is 0 Å². The Morgan fingerprint density at radius 2 is 2.25 bits per heavy atom. The van der Waals surface area contributed by atoms with Crippen molar-refractivity contribution in [3.05, 3.63) is 29.8 Å². The summed E-state index contributed by atoms with van der Waals surface area (Å²) in [5.74, 6) is 1.02. The van der Waals surface area contributed by atoms with Gasteiger partial charge in [-0.1, -0.05) is 19.1 Å². The molecular formula is C14H21NO. The Balaban J connectivity index is 2.02. The van der Waals surface area contributed by atoms with Crippen molar-refractivity contribution in [3.8, 4) is 5.75 Å². The van der Waals surface area contributed by atoms with Crippen molar-refractivity contribution in [2.75, 3.05) is 7.05 Å². The van der Waals surface area contributed by atoms with Crippen LogP contribution >= 0.6 is 0 Å². The molecule has 0 aromatic heterocycles. The van der Waals surface area contributed by atoms with Crippen LogP contribution in [0.2, 0.25) is 0 Å². The van der Waals surface area contributed by atoms with Crippen molar-refractivity contribution in [1.82, 2.24) is 5.32 Å². The van der Waals surface area contributed by atoms with Crippen LogP contribution in [0.4, 0.5) is 0 Å². The van der Waals surface area contributed by atoms with Gasteiger partial charge in [0.1, 0.15) is 11.9 Å². The highest BCUT2D eigenvalue weighted by atomic mass is 16.5. The smallest absolute Gasteiger partial charge is 0.120 e. The molecule has 0 radical (unpaired) electrons. The van der Waals surface area contributed by atoms with Crippen LogP contribution in [0.5, 0.6) is 5.75 Å². The summed E-state index contributed by atoms with van der Waals surface area (Å²) >= 11 is 0. The molecule has 2 heteroatoms. The summed E-state index contributed by atoms with van der Waals surface area (Å²) in [6, 6.07) is 8.97. The summed E-state index contributed by atoms with van der Waals surface area (Å²) in [5, 5.41) is 3.34. The number of benzene rings is 1. The maximum Gasteiger partial charge on any atom is 0.120 e. The van der Waals surface area contributed by atoms with Crippen molar-refractivity contribution in [2.45, 2.75) is 44.8 Å². The summed E-state index contributed by atoms with van der Waals surface area (Å²) in [6.07, 6.45) is 5.08. The molecule has 2 nitrogen and oxygen atoms in total. The molecule has 88 valence electrons. The van der Waals surface area contributed by atoms with Crippen molar-refractivity contribution >= 4 is 0 Å². The van der Waals surface area contributed by atoms with Crippen LogP contribution in [0.25, 0.3) is 0 Å². The van der Waals surface area contributed by atoms with Crippen molar-refractivity contribution in [2.24, 2.45) is 0 Å². The van der Waals surface area contributed by atoms with Crippen molar-refractivity contribution in [3.63, 3.8) is 0 Å². The second-order valence-corrected chi connectivity index (χ2v) is 4.48. The standard InChI is InChI=1S/C14H21NO/c1-3-11-6-4-7-12(10-11)16-14-9-5-8-13(14)15-2/h4,6-7,10,13-15H,3,5,8-9H2,1-2H3. The van der Waals surface area contributed by atoms with Gasteiger partial charge in [0.2, 0.25) is 0 Å². The average Bonchev–Trinajstić information content (AvgIpc) is 2.76. The topological polar surface area (TPSA) is 21.3 Å². The number of likely N-dealkylation sites (N-methyl/N-ethyl adjacent to an activating group) is 1. The zero-order valence-electron chi connectivity index (χ0n) is 10.2. The fraction of sp³-hybridized carbons (Fsp3) is 0.571. The maximum absolute atomic E-state index is 6.06. The number of aryl methyl sites for hydroxylation is 1. The summed E-state index contributed by atoms with van der Waals surface area (Å²) in [5.41, 5.74) is 1.34. The first-order valence-corrected chi connectivity index (χ1v) is 6.26. The summed E-state index contributed by atoms with van der Waals surface area (Å²) in [6.45, 7) is 2.17. The largest absolute Gasteiger partial charge is 0.489 e. The molecule has 0 spiro atoms. The van der Waals surface area contributed by atoms with Gasteiger partial charge in [-0.15, -0.1) is 0 Å². The second kappa shape index (κ2) is 5.35. The van der Waals surface area contributed by atoms with Crippen LogP contribution in [-0.4, -0.2) is 19.2 Å². The molecule has 1 aromatic rings. The lowest BCUT2D eigenvalue weighted by Crippen LogP contribution is -2.36. The zero-order valence-corrected chi connectivity index (χ0v) is 10.2. The Hall–Kier alpha value is -1.02. The van der Waals surface area contributed by atoms with Gasteiger partial charge < -0.3 is 10.1 Å². The van der Waals surface area contributed by atoms with E-state index >= 15 is 0 Å². The Labute approximate surface area is 98.0 Å². The van der Waals surface area contributed by atoms with Crippen LogP contribution < -0.4 is 10.1 Å². The monoisotopic (exact) mass is 219 g/mol. The lowest BCUT2D eigenvalue weighted by molar-refractivity contribution is 0.179. The average molecular weight is 219 g/mol. The highest BCUT2D eigenvalue weighted by Gasteiger charge is 2.27. The zero-order chi connectivity index (χ0) is 11.4. The third-order valence-electron chi connectivity index (χ3n) is 3.42. The predicted octanol–water partition coefficient (Wildman–Crippen LogP) is 2.77. The maximum atomic E-state index is 6.06. The van der Waals surface area contributed by atoms with Gasteiger partial charge in [-0.25, -0.2) is 0 Å². The third kappa shape index (κ3) is 2.56. The van der Waals surface area contributed by atoms with Crippen LogP contribution in [0, 0.1) is 0 Å².